The van der Waals surface area contributed by atoms with Crippen LogP contribution in [0.15, 0.2) is 16.6 Å². The van der Waals surface area contributed by atoms with Crippen LogP contribution in [0, 0.1) is 13.8 Å². The monoisotopic (exact) mass is 361 g/mol. The normalized spacial score (nSPS) is 10.4. The van der Waals surface area contributed by atoms with E-state index in [1.807, 2.05) is 19.9 Å². The third-order valence-corrected chi connectivity index (χ3v) is 3.67. The van der Waals surface area contributed by atoms with Crippen molar-refractivity contribution in [2.75, 3.05) is 10.6 Å². The Hall–Kier alpha value is -0.350. The standard InChI is InChI=1S/C13H17Br2NO/c1-9-7-10(2)13(11(15)8-9)16-12(17)5-3-4-6-14/h7-8H,3-6H2,1-2H3,(H,16,17). The number of benzene rings is 1. The molecular formula is C13H17Br2NO. The molecule has 1 aromatic rings. The smallest absolute Gasteiger partial charge is 0.224 e. The molecule has 0 saturated heterocycles. The zero-order chi connectivity index (χ0) is 12.8. The molecule has 94 valence electrons. The first-order valence-corrected chi connectivity index (χ1v) is 7.58. The highest BCUT2D eigenvalue weighted by Gasteiger charge is 2.08. The molecule has 0 atom stereocenters. The van der Waals surface area contributed by atoms with Crippen molar-refractivity contribution in [1.29, 1.82) is 0 Å². The van der Waals surface area contributed by atoms with Gasteiger partial charge < -0.3 is 5.32 Å². The first-order valence-electron chi connectivity index (χ1n) is 5.67. The van der Waals surface area contributed by atoms with Gasteiger partial charge in [-0.25, -0.2) is 0 Å². The number of rotatable bonds is 5. The van der Waals surface area contributed by atoms with E-state index in [4.69, 9.17) is 0 Å². The topological polar surface area (TPSA) is 29.1 Å². The van der Waals surface area contributed by atoms with E-state index in [2.05, 4.69) is 43.2 Å². The molecule has 0 aliphatic rings. The first-order chi connectivity index (χ1) is 8.04. The van der Waals surface area contributed by atoms with E-state index in [-0.39, 0.29) is 5.91 Å². The Balaban J connectivity index is 2.65. The third kappa shape index (κ3) is 4.80. The van der Waals surface area contributed by atoms with Gasteiger partial charge in [0.15, 0.2) is 0 Å². The number of hydrogen-bond acceptors (Lipinski definition) is 1. The molecule has 0 heterocycles. The molecule has 0 spiro atoms. The Kier molecular flexibility index (Phi) is 6.20. The van der Waals surface area contributed by atoms with E-state index in [0.29, 0.717) is 6.42 Å². The number of halogens is 2. The van der Waals surface area contributed by atoms with Gasteiger partial charge in [-0.15, -0.1) is 0 Å². The number of anilines is 1. The summed E-state index contributed by atoms with van der Waals surface area (Å²) >= 11 is 6.84. The lowest BCUT2D eigenvalue weighted by molar-refractivity contribution is -0.116. The molecule has 1 amide bonds. The van der Waals surface area contributed by atoms with Crippen molar-refractivity contribution >= 4 is 43.5 Å². The average molecular weight is 363 g/mol. The summed E-state index contributed by atoms with van der Waals surface area (Å²) in [6.07, 6.45) is 2.52. The summed E-state index contributed by atoms with van der Waals surface area (Å²) in [6.45, 7) is 4.05. The number of alkyl halides is 1. The quantitative estimate of drug-likeness (QED) is 0.603. The summed E-state index contributed by atoms with van der Waals surface area (Å²) < 4.78 is 0.948. The van der Waals surface area contributed by atoms with Crippen LogP contribution in [0.4, 0.5) is 5.69 Å². The van der Waals surface area contributed by atoms with Crippen LogP contribution in [0.25, 0.3) is 0 Å². The molecule has 1 rings (SSSR count). The van der Waals surface area contributed by atoms with Crippen LogP contribution in [-0.2, 0) is 4.79 Å². The second kappa shape index (κ2) is 7.17. The Morgan fingerprint density at radius 1 is 1.29 bits per heavy atom. The Labute approximate surface area is 119 Å². The van der Waals surface area contributed by atoms with Gasteiger partial charge in [-0.05, 0) is 59.8 Å². The highest BCUT2D eigenvalue weighted by Crippen LogP contribution is 2.27. The number of carbonyl (C=O) groups is 1. The van der Waals surface area contributed by atoms with Gasteiger partial charge in [-0.3, -0.25) is 4.79 Å². The van der Waals surface area contributed by atoms with Gasteiger partial charge in [-0.2, -0.15) is 0 Å². The fourth-order valence-electron chi connectivity index (χ4n) is 1.66. The minimum Gasteiger partial charge on any atom is -0.325 e. The summed E-state index contributed by atoms with van der Waals surface area (Å²) in [7, 11) is 0. The third-order valence-electron chi connectivity index (χ3n) is 2.48. The predicted octanol–water partition coefficient (Wildman–Crippen LogP) is 4.57. The molecule has 2 nitrogen and oxygen atoms in total. The highest BCUT2D eigenvalue weighted by molar-refractivity contribution is 9.10. The molecule has 0 fully saturated rings. The minimum absolute atomic E-state index is 0.0820. The van der Waals surface area contributed by atoms with E-state index in [0.717, 1.165) is 33.9 Å². The summed E-state index contributed by atoms with van der Waals surface area (Å²) in [4.78, 5) is 11.7. The fraction of sp³-hybridized carbons (Fsp3) is 0.462. The molecule has 0 saturated carbocycles. The maximum absolute atomic E-state index is 11.7. The van der Waals surface area contributed by atoms with Gasteiger partial charge in [0, 0.05) is 16.2 Å². The summed E-state index contributed by atoms with van der Waals surface area (Å²) in [5.41, 5.74) is 3.16. The lowest BCUT2D eigenvalue weighted by Gasteiger charge is -2.11. The number of aryl methyl sites for hydroxylation is 2. The van der Waals surface area contributed by atoms with Crippen molar-refractivity contribution in [3.05, 3.63) is 27.7 Å². The average Bonchev–Trinajstić information content (AvgIpc) is 2.24. The van der Waals surface area contributed by atoms with Crippen LogP contribution in [-0.4, -0.2) is 11.2 Å². The van der Waals surface area contributed by atoms with Crippen LogP contribution >= 0.6 is 31.9 Å². The number of hydrogen-bond donors (Lipinski definition) is 1. The van der Waals surface area contributed by atoms with Crippen molar-refractivity contribution in [1.82, 2.24) is 0 Å². The van der Waals surface area contributed by atoms with Crippen molar-refractivity contribution in [3.63, 3.8) is 0 Å². The van der Waals surface area contributed by atoms with Crippen molar-refractivity contribution in [2.45, 2.75) is 33.1 Å². The van der Waals surface area contributed by atoms with Crippen molar-refractivity contribution in [3.8, 4) is 0 Å². The molecule has 1 aromatic carbocycles. The van der Waals surface area contributed by atoms with Gasteiger partial charge in [0.2, 0.25) is 5.91 Å². The largest absolute Gasteiger partial charge is 0.325 e. The van der Waals surface area contributed by atoms with Crippen molar-refractivity contribution in [2.24, 2.45) is 0 Å². The predicted molar refractivity (Wildman–Crippen MR) is 79.9 cm³/mol. The SMILES string of the molecule is Cc1cc(C)c(NC(=O)CCCCBr)c(Br)c1. The van der Waals surface area contributed by atoms with E-state index >= 15 is 0 Å². The maximum Gasteiger partial charge on any atom is 0.224 e. The molecule has 0 bridgehead atoms. The molecule has 17 heavy (non-hydrogen) atoms. The van der Waals surface area contributed by atoms with Crippen LogP contribution in [0.3, 0.4) is 0 Å². The zero-order valence-corrected chi connectivity index (χ0v) is 13.3. The highest BCUT2D eigenvalue weighted by atomic mass is 79.9. The molecule has 0 aliphatic heterocycles. The lowest BCUT2D eigenvalue weighted by atomic mass is 10.1. The van der Waals surface area contributed by atoms with Gasteiger partial charge in [0.1, 0.15) is 0 Å². The fourth-order valence-corrected chi connectivity index (χ4v) is 2.83. The van der Waals surface area contributed by atoms with Gasteiger partial charge in [-0.1, -0.05) is 22.0 Å². The van der Waals surface area contributed by atoms with E-state index in [9.17, 15) is 4.79 Å². The van der Waals surface area contributed by atoms with Gasteiger partial charge >= 0.3 is 0 Å². The van der Waals surface area contributed by atoms with E-state index in [1.54, 1.807) is 0 Å². The molecule has 1 N–H and O–H groups in total. The summed E-state index contributed by atoms with van der Waals surface area (Å²) in [5.74, 6) is 0.0820. The van der Waals surface area contributed by atoms with Crippen LogP contribution in [0.5, 0.6) is 0 Å². The Bertz CT molecular complexity index is 381. The Morgan fingerprint density at radius 2 is 2.00 bits per heavy atom. The molecule has 0 unspecified atom stereocenters. The van der Waals surface area contributed by atoms with Gasteiger partial charge in [0.05, 0.1) is 5.69 Å². The van der Waals surface area contributed by atoms with Crippen LogP contribution in [0.2, 0.25) is 0 Å². The molecule has 0 aliphatic carbocycles. The number of nitrogens with one attached hydrogen (secondary N) is 1. The van der Waals surface area contributed by atoms with E-state index < -0.39 is 0 Å². The number of unbranched alkanes of at least 4 members (excludes halogenated alkanes) is 1. The Morgan fingerprint density at radius 3 is 2.59 bits per heavy atom. The molecule has 4 heteroatoms. The molecule has 0 radical (unpaired) electrons. The number of carbonyl (C=O) groups excluding carboxylic acids is 1. The van der Waals surface area contributed by atoms with Gasteiger partial charge in [0.25, 0.3) is 0 Å². The van der Waals surface area contributed by atoms with Crippen molar-refractivity contribution < 1.29 is 4.79 Å². The second-order valence-corrected chi connectivity index (χ2v) is 5.78. The van der Waals surface area contributed by atoms with E-state index in [1.165, 1.54) is 5.56 Å². The number of amides is 1. The first kappa shape index (κ1) is 14.7. The molecule has 0 aromatic heterocycles. The van der Waals surface area contributed by atoms with Crippen LogP contribution in [0.1, 0.15) is 30.4 Å². The van der Waals surface area contributed by atoms with Crippen LogP contribution < -0.4 is 5.32 Å². The zero-order valence-electron chi connectivity index (χ0n) is 10.1. The second-order valence-electron chi connectivity index (χ2n) is 4.13. The maximum atomic E-state index is 11.7. The summed E-state index contributed by atoms with van der Waals surface area (Å²) in [5, 5.41) is 3.92. The lowest BCUT2D eigenvalue weighted by Crippen LogP contribution is -2.12. The summed E-state index contributed by atoms with van der Waals surface area (Å²) in [6, 6.07) is 4.08. The molecular weight excluding hydrogens is 346 g/mol. The minimum atomic E-state index is 0.0820.